The van der Waals surface area contributed by atoms with Gasteiger partial charge in [-0.25, -0.2) is 0 Å². The molecule has 0 aliphatic carbocycles. The van der Waals surface area contributed by atoms with Crippen LogP contribution in [0.2, 0.25) is 0 Å². The van der Waals surface area contributed by atoms with Crippen LogP contribution in [0.25, 0.3) is 32.3 Å². The SMILES string of the molecule is CC(C)(C)c1ccc(N(c2ccccc2)c2ccc3ccc4c(N(c5ccccc5)c5ccc(C(C)(C)C)cc5)ccc5ccc2c3c54)cc1. The Morgan fingerprint density at radius 2 is 0.640 bits per heavy atom. The molecule has 8 aromatic rings. The highest BCUT2D eigenvalue weighted by atomic mass is 15.1. The van der Waals surface area contributed by atoms with Crippen LogP contribution in [0.4, 0.5) is 34.1 Å². The average molecular weight is 649 g/mol. The third kappa shape index (κ3) is 5.55. The molecule has 0 saturated carbocycles. The van der Waals surface area contributed by atoms with E-state index in [1.165, 1.54) is 54.8 Å². The van der Waals surface area contributed by atoms with Gasteiger partial charge in [0, 0.05) is 33.5 Å². The first-order valence-electron chi connectivity index (χ1n) is 17.7. The smallest absolute Gasteiger partial charge is 0.0540 e. The molecule has 2 heteroatoms. The maximum absolute atomic E-state index is 2.41. The molecule has 0 aliphatic heterocycles. The molecule has 0 amide bonds. The first-order chi connectivity index (χ1) is 24.1. The van der Waals surface area contributed by atoms with Gasteiger partial charge < -0.3 is 9.80 Å². The molecule has 0 saturated heterocycles. The van der Waals surface area contributed by atoms with Gasteiger partial charge in [0.25, 0.3) is 0 Å². The van der Waals surface area contributed by atoms with Gasteiger partial charge >= 0.3 is 0 Å². The monoisotopic (exact) mass is 648 g/mol. The van der Waals surface area contributed by atoms with Crippen LogP contribution in [0.15, 0.2) is 158 Å². The zero-order chi connectivity index (χ0) is 34.6. The molecule has 0 N–H and O–H groups in total. The van der Waals surface area contributed by atoms with Gasteiger partial charge in [-0.3, -0.25) is 0 Å². The van der Waals surface area contributed by atoms with E-state index in [9.17, 15) is 0 Å². The standard InChI is InChI=1S/C48H44N2/c1-47(2,3)35-21-25-39(26-22-35)49(37-13-9-7-10-14-37)43-31-19-33-18-30-42-44(32-20-34-17-29-41(43)45(33)46(34)42)50(38-15-11-8-12-16-38)40-27-23-36(24-28-40)48(4,5)6/h7-32H,1-6H3. The largest absolute Gasteiger partial charge is 0.310 e. The van der Waals surface area contributed by atoms with Crippen molar-refractivity contribution in [2.24, 2.45) is 0 Å². The molecule has 0 fully saturated rings. The van der Waals surface area contributed by atoms with Crippen molar-refractivity contribution >= 4 is 66.4 Å². The summed E-state index contributed by atoms with van der Waals surface area (Å²) in [6, 6.07) is 58.1. The summed E-state index contributed by atoms with van der Waals surface area (Å²) < 4.78 is 0. The molecule has 8 rings (SSSR count). The molecule has 0 bridgehead atoms. The summed E-state index contributed by atoms with van der Waals surface area (Å²) in [5, 5.41) is 7.56. The number of rotatable bonds is 6. The summed E-state index contributed by atoms with van der Waals surface area (Å²) >= 11 is 0. The van der Waals surface area contributed by atoms with Crippen molar-refractivity contribution in [3.05, 3.63) is 169 Å². The summed E-state index contributed by atoms with van der Waals surface area (Å²) in [5.74, 6) is 0. The number of benzene rings is 8. The maximum atomic E-state index is 2.41. The lowest BCUT2D eigenvalue weighted by atomic mass is 9.87. The second-order valence-corrected chi connectivity index (χ2v) is 15.5. The highest BCUT2D eigenvalue weighted by molar-refractivity contribution is 6.28. The van der Waals surface area contributed by atoms with Gasteiger partial charge in [-0.05, 0) is 104 Å². The fourth-order valence-corrected chi connectivity index (χ4v) is 7.39. The molecule has 2 nitrogen and oxygen atoms in total. The third-order valence-electron chi connectivity index (χ3n) is 10.1. The van der Waals surface area contributed by atoms with E-state index in [-0.39, 0.29) is 10.8 Å². The molecule has 0 aromatic heterocycles. The lowest BCUT2D eigenvalue weighted by Crippen LogP contribution is -2.14. The van der Waals surface area contributed by atoms with Crippen molar-refractivity contribution in [1.82, 2.24) is 0 Å². The molecule has 0 spiro atoms. The fourth-order valence-electron chi connectivity index (χ4n) is 7.39. The highest BCUT2D eigenvalue weighted by Crippen LogP contribution is 2.47. The zero-order valence-corrected chi connectivity index (χ0v) is 29.9. The zero-order valence-electron chi connectivity index (χ0n) is 29.9. The van der Waals surface area contributed by atoms with Gasteiger partial charge in [0.15, 0.2) is 0 Å². The van der Waals surface area contributed by atoms with E-state index in [2.05, 4.69) is 209 Å². The minimum absolute atomic E-state index is 0.0864. The Hall–Kier alpha value is -5.60. The molecular formula is C48H44N2. The molecule has 0 aliphatic rings. The molecule has 8 aromatic carbocycles. The predicted octanol–water partition coefficient (Wildman–Crippen LogP) is 14.1. The quantitative estimate of drug-likeness (QED) is 0.166. The van der Waals surface area contributed by atoms with Crippen molar-refractivity contribution in [2.75, 3.05) is 9.80 Å². The Morgan fingerprint density at radius 3 is 0.980 bits per heavy atom. The fraction of sp³-hybridized carbons (Fsp3) is 0.167. The van der Waals surface area contributed by atoms with Crippen LogP contribution in [0.1, 0.15) is 52.7 Å². The molecule has 0 radical (unpaired) electrons. The van der Waals surface area contributed by atoms with Crippen LogP contribution >= 0.6 is 0 Å². The van der Waals surface area contributed by atoms with Crippen molar-refractivity contribution in [3.8, 4) is 0 Å². The summed E-state index contributed by atoms with van der Waals surface area (Å²) in [7, 11) is 0. The Kier molecular flexibility index (Phi) is 7.64. The number of para-hydroxylation sites is 2. The Balaban J connectivity index is 1.36. The summed E-state index contributed by atoms with van der Waals surface area (Å²) in [6.07, 6.45) is 0. The molecular weight excluding hydrogens is 605 g/mol. The van der Waals surface area contributed by atoms with E-state index in [1.807, 2.05) is 0 Å². The summed E-state index contributed by atoms with van der Waals surface area (Å²) in [4.78, 5) is 4.82. The molecule has 246 valence electrons. The second-order valence-electron chi connectivity index (χ2n) is 15.5. The van der Waals surface area contributed by atoms with Crippen molar-refractivity contribution < 1.29 is 0 Å². The van der Waals surface area contributed by atoms with E-state index >= 15 is 0 Å². The van der Waals surface area contributed by atoms with Gasteiger partial charge in [0.05, 0.1) is 11.4 Å². The minimum Gasteiger partial charge on any atom is -0.310 e. The van der Waals surface area contributed by atoms with Gasteiger partial charge in [-0.1, -0.05) is 139 Å². The van der Waals surface area contributed by atoms with Gasteiger partial charge in [-0.2, -0.15) is 0 Å². The lowest BCUT2D eigenvalue weighted by molar-refractivity contribution is 0.590. The van der Waals surface area contributed by atoms with E-state index in [0.717, 1.165) is 22.7 Å². The van der Waals surface area contributed by atoms with Crippen LogP contribution in [0.5, 0.6) is 0 Å². The first kappa shape index (κ1) is 31.7. The minimum atomic E-state index is 0.0864. The van der Waals surface area contributed by atoms with Crippen molar-refractivity contribution in [3.63, 3.8) is 0 Å². The Bertz CT molecular complexity index is 2240. The van der Waals surface area contributed by atoms with Crippen LogP contribution in [-0.4, -0.2) is 0 Å². The second kappa shape index (κ2) is 12.1. The molecule has 50 heavy (non-hydrogen) atoms. The summed E-state index contributed by atoms with van der Waals surface area (Å²) in [6.45, 7) is 13.6. The van der Waals surface area contributed by atoms with E-state index in [4.69, 9.17) is 0 Å². The number of hydrogen-bond donors (Lipinski definition) is 0. The van der Waals surface area contributed by atoms with Crippen LogP contribution < -0.4 is 9.80 Å². The maximum Gasteiger partial charge on any atom is 0.0540 e. The van der Waals surface area contributed by atoms with Gasteiger partial charge in [-0.15, -0.1) is 0 Å². The van der Waals surface area contributed by atoms with E-state index in [0.29, 0.717) is 0 Å². The van der Waals surface area contributed by atoms with E-state index < -0.39 is 0 Å². The van der Waals surface area contributed by atoms with Crippen molar-refractivity contribution in [1.29, 1.82) is 0 Å². The summed E-state index contributed by atoms with van der Waals surface area (Å²) in [5.41, 5.74) is 9.74. The third-order valence-corrected chi connectivity index (χ3v) is 10.1. The van der Waals surface area contributed by atoms with Gasteiger partial charge in [0.2, 0.25) is 0 Å². The Labute approximate surface area is 296 Å². The highest BCUT2D eigenvalue weighted by Gasteiger charge is 2.23. The van der Waals surface area contributed by atoms with Crippen molar-refractivity contribution in [2.45, 2.75) is 52.4 Å². The predicted molar refractivity (Wildman–Crippen MR) is 217 cm³/mol. The van der Waals surface area contributed by atoms with Crippen LogP contribution in [0.3, 0.4) is 0 Å². The number of anilines is 6. The van der Waals surface area contributed by atoms with Gasteiger partial charge in [0.1, 0.15) is 0 Å². The van der Waals surface area contributed by atoms with Crippen LogP contribution in [-0.2, 0) is 10.8 Å². The first-order valence-corrected chi connectivity index (χ1v) is 17.7. The average Bonchev–Trinajstić information content (AvgIpc) is 3.12. The number of hydrogen-bond acceptors (Lipinski definition) is 2. The van der Waals surface area contributed by atoms with E-state index in [1.54, 1.807) is 0 Å². The lowest BCUT2D eigenvalue weighted by Gasteiger charge is -2.30. The number of nitrogens with zero attached hydrogens (tertiary/aromatic N) is 2. The topological polar surface area (TPSA) is 6.48 Å². The Morgan fingerprint density at radius 1 is 0.320 bits per heavy atom. The molecule has 0 heterocycles. The molecule has 0 atom stereocenters. The molecule has 0 unspecified atom stereocenters. The van der Waals surface area contributed by atoms with Crippen LogP contribution in [0, 0.1) is 0 Å². The normalized spacial score (nSPS) is 12.2.